The summed E-state index contributed by atoms with van der Waals surface area (Å²) in [6, 6.07) is -0.757. The Bertz CT molecular complexity index is 338. The molecule has 0 aliphatic carbocycles. The fourth-order valence-electron chi connectivity index (χ4n) is 1.12. The molecule has 1 N–H and O–H groups in total. The van der Waals surface area contributed by atoms with Gasteiger partial charge in [-0.25, -0.2) is 9.59 Å². The van der Waals surface area contributed by atoms with Gasteiger partial charge in [-0.1, -0.05) is 6.08 Å². The maximum atomic E-state index is 11.6. The molecular formula is C13H23NO5S. The van der Waals surface area contributed by atoms with Crippen molar-refractivity contribution in [3.8, 4) is 0 Å². The van der Waals surface area contributed by atoms with Crippen molar-refractivity contribution in [2.75, 3.05) is 26.6 Å². The highest BCUT2D eigenvalue weighted by molar-refractivity contribution is 8.02. The third kappa shape index (κ3) is 9.69. The van der Waals surface area contributed by atoms with E-state index < -0.39 is 23.7 Å². The molecule has 6 nitrogen and oxygen atoms in total. The molecule has 0 aliphatic heterocycles. The highest BCUT2D eigenvalue weighted by atomic mass is 32.2. The molecule has 0 rings (SSSR count). The van der Waals surface area contributed by atoms with Gasteiger partial charge in [-0.15, -0.1) is 11.8 Å². The van der Waals surface area contributed by atoms with Crippen molar-refractivity contribution in [2.24, 2.45) is 0 Å². The highest BCUT2D eigenvalue weighted by Crippen LogP contribution is 2.09. The van der Waals surface area contributed by atoms with Crippen LogP contribution in [0.25, 0.3) is 0 Å². The van der Waals surface area contributed by atoms with E-state index in [1.54, 1.807) is 33.3 Å². The van der Waals surface area contributed by atoms with Crippen LogP contribution in [0.2, 0.25) is 0 Å². The molecule has 1 atom stereocenters. The van der Waals surface area contributed by atoms with E-state index >= 15 is 0 Å². The minimum Gasteiger partial charge on any atom is -0.467 e. The van der Waals surface area contributed by atoms with Crippen molar-refractivity contribution in [3.05, 3.63) is 11.5 Å². The van der Waals surface area contributed by atoms with Gasteiger partial charge in [0.25, 0.3) is 0 Å². The topological polar surface area (TPSA) is 73.9 Å². The molecule has 0 saturated carbocycles. The number of ether oxygens (including phenoxy) is 3. The average Bonchev–Trinajstić information content (AvgIpc) is 2.34. The van der Waals surface area contributed by atoms with E-state index in [-0.39, 0.29) is 0 Å². The van der Waals surface area contributed by atoms with Crippen LogP contribution in [0.1, 0.15) is 20.8 Å². The minimum absolute atomic E-state index is 0.353. The highest BCUT2D eigenvalue weighted by Gasteiger charge is 2.24. The van der Waals surface area contributed by atoms with Gasteiger partial charge in [0.15, 0.2) is 0 Å². The number of esters is 1. The predicted octanol–water partition coefficient (Wildman–Crippen LogP) is 1.95. The second-order valence-electron chi connectivity index (χ2n) is 4.88. The zero-order valence-corrected chi connectivity index (χ0v) is 13.4. The summed E-state index contributed by atoms with van der Waals surface area (Å²) in [5, 5.41) is 4.30. The molecule has 0 saturated heterocycles. The number of amides is 1. The zero-order chi connectivity index (χ0) is 15.6. The number of thioether (sulfide) groups is 1. The van der Waals surface area contributed by atoms with Crippen LogP contribution in [-0.4, -0.2) is 50.3 Å². The minimum atomic E-state index is -0.757. The Hall–Kier alpha value is -1.21. The first-order valence-corrected chi connectivity index (χ1v) is 7.18. The molecule has 0 aromatic rings. The predicted molar refractivity (Wildman–Crippen MR) is 78.6 cm³/mol. The lowest BCUT2D eigenvalue weighted by atomic mass is 10.2. The largest absolute Gasteiger partial charge is 0.467 e. The Morgan fingerprint density at radius 1 is 1.30 bits per heavy atom. The third-order valence-electron chi connectivity index (χ3n) is 1.89. The quantitative estimate of drug-likeness (QED) is 0.725. The normalized spacial score (nSPS) is 13.1. The number of carbonyl (C=O) groups is 2. The summed E-state index contributed by atoms with van der Waals surface area (Å²) >= 11 is 1.37. The van der Waals surface area contributed by atoms with Crippen molar-refractivity contribution in [1.82, 2.24) is 5.32 Å². The van der Waals surface area contributed by atoms with Crippen LogP contribution in [-0.2, 0) is 19.0 Å². The van der Waals surface area contributed by atoms with Crippen LogP contribution in [0.3, 0.4) is 0 Å². The van der Waals surface area contributed by atoms with Gasteiger partial charge in [0.1, 0.15) is 11.6 Å². The first-order valence-electron chi connectivity index (χ1n) is 6.13. The van der Waals surface area contributed by atoms with Crippen LogP contribution >= 0.6 is 11.8 Å². The summed E-state index contributed by atoms with van der Waals surface area (Å²) in [7, 11) is 2.87. The second-order valence-corrected chi connectivity index (χ2v) is 5.82. The number of methoxy groups -OCH3 is 2. The van der Waals surface area contributed by atoms with E-state index in [2.05, 4.69) is 10.1 Å². The van der Waals surface area contributed by atoms with Crippen LogP contribution in [0.4, 0.5) is 4.79 Å². The van der Waals surface area contributed by atoms with Crippen LogP contribution < -0.4 is 5.32 Å². The van der Waals surface area contributed by atoms with Crippen molar-refractivity contribution in [3.63, 3.8) is 0 Å². The molecule has 116 valence electrons. The summed E-state index contributed by atoms with van der Waals surface area (Å²) in [5.74, 6) is -0.157. The van der Waals surface area contributed by atoms with E-state index in [0.29, 0.717) is 12.4 Å². The Kier molecular flexibility index (Phi) is 9.07. The van der Waals surface area contributed by atoms with E-state index in [0.717, 1.165) is 0 Å². The lowest BCUT2D eigenvalue weighted by molar-refractivity contribution is -0.142. The van der Waals surface area contributed by atoms with Crippen LogP contribution in [0.15, 0.2) is 11.5 Å². The zero-order valence-electron chi connectivity index (χ0n) is 12.6. The molecule has 20 heavy (non-hydrogen) atoms. The molecule has 7 heteroatoms. The molecule has 0 fully saturated rings. The molecule has 0 spiro atoms. The summed E-state index contributed by atoms with van der Waals surface area (Å²) in [4.78, 5) is 23.2. The molecular weight excluding hydrogens is 282 g/mol. The molecule has 0 radical (unpaired) electrons. The molecule has 0 unspecified atom stereocenters. The number of hydrogen-bond acceptors (Lipinski definition) is 6. The summed E-state index contributed by atoms with van der Waals surface area (Å²) in [5.41, 5.74) is -0.615. The number of nitrogens with one attached hydrogen (secondary N) is 1. The van der Waals surface area contributed by atoms with E-state index in [1.165, 1.54) is 18.9 Å². The van der Waals surface area contributed by atoms with E-state index in [1.807, 2.05) is 6.08 Å². The number of carbonyl (C=O) groups excluding carboxylic acids is 2. The number of rotatable bonds is 7. The lowest BCUT2D eigenvalue weighted by Gasteiger charge is -2.22. The summed E-state index contributed by atoms with van der Waals surface area (Å²) in [6.45, 7) is 5.75. The van der Waals surface area contributed by atoms with Gasteiger partial charge >= 0.3 is 12.1 Å². The summed E-state index contributed by atoms with van der Waals surface area (Å²) in [6.07, 6.45) is 1.17. The van der Waals surface area contributed by atoms with Crippen LogP contribution in [0.5, 0.6) is 0 Å². The average molecular weight is 305 g/mol. The number of hydrogen-bond donors (Lipinski definition) is 1. The fraction of sp³-hybridized carbons (Fsp3) is 0.692. The molecule has 0 heterocycles. The Morgan fingerprint density at radius 3 is 2.45 bits per heavy atom. The molecule has 0 bridgehead atoms. The monoisotopic (exact) mass is 305 g/mol. The van der Waals surface area contributed by atoms with Gasteiger partial charge in [-0.05, 0) is 26.2 Å². The lowest BCUT2D eigenvalue weighted by Crippen LogP contribution is -2.45. The van der Waals surface area contributed by atoms with Crippen LogP contribution in [0, 0.1) is 0 Å². The van der Waals surface area contributed by atoms with E-state index in [9.17, 15) is 9.59 Å². The fourth-order valence-corrected chi connectivity index (χ4v) is 1.85. The van der Waals surface area contributed by atoms with Crippen molar-refractivity contribution in [1.29, 1.82) is 0 Å². The molecule has 0 aromatic heterocycles. The molecule has 0 aromatic carbocycles. The SMILES string of the molecule is COC/C=C\SC[C@H](NC(=O)OC(C)(C)C)C(=O)OC. The second kappa shape index (κ2) is 9.66. The number of alkyl carbamates (subject to hydrolysis) is 1. The van der Waals surface area contributed by atoms with Gasteiger partial charge in [0.05, 0.1) is 13.7 Å². The Labute approximate surface area is 124 Å². The van der Waals surface area contributed by atoms with E-state index in [4.69, 9.17) is 9.47 Å². The first-order chi connectivity index (χ1) is 9.30. The standard InChI is InChI=1S/C13H23NO5S/c1-13(2,3)19-12(16)14-10(11(15)18-5)9-20-8-6-7-17-4/h6,8,10H,7,9H2,1-5H3,(H,14,16)/b8-6-/t10-/m0/s1. The third-order valence-corrected chi connectivity index (χ3v) is 2.81. The maximum absolute atomic E-state index is 11.6. The molecule has 1 amide bonds. The van der Waals surface area contributed by atoms with Crippen molar-refractivity contribution < 1.29 is 23.8 Å². The van der Waals surface area contributed by atoms with Gasteiger partial charge < -0.3 is 19.5 Å². The first kappa shape index (κ1) is 18.8. The van der Waals surface area contributed by atoms with Gasteiger partial charge in [-0.3, -0.25) is 0 Å². The van der Waals surface area contributed by atoms with Crippen molar-refractivity contribution >= 4 is 23.8 Å². The smallest absolute Gasteiger partial charge is 0.408 e. The van der Waals surface area contributed by atoms with Gasteiger partial charge in [0, 0.05) is 12.9 Å². The van der Waals surface area contributed by atoms with Gasteiger partial charge in [-0.2, -0.15) is 0 Å². The maximum Gasteiger partial charge on any atom is 0.408 e. The van der Waals surface area contributed by atoms with Crippen molar-refractivity contribution in [2.45, 2.75) is 32.4 Å². The Morgan fingerprint density at radius 2 is 1.95 bits per heavy atom. The van der Waals surface area contributed by atoms with Gasteiger partial charge in [0.2, 0.25) is 0 Å². The molecule has 0 aliphatic rings. The Balaban J connectivity index is 4.35. The summed E-state index contributed by atoms with van der Waals surface area (Å²) < 4.78 is 14.6.